The van der Waals surface area contributed by atoms with Gasteiger partial charge in [0.25, 0.3) is 0 Å². The van der Waals surface area contributed by atoms with Crippen LogP contribution in [-0.4, -0.2) is 5.78 Å². The Kier molecular flexibility index (Phi) is 2.70. The fourth-order valence-corrected chi connectivity index (χ4v) is 3.88. The maximum Gasteiger partial charge on any atom is 0.143 e. The Morgan fingerprint density at radius 3 is 2.88 bits per heavy atom. The van der Waals surface area contributed by atoms with E-state index in [1.54, 1.807) is 0 Å². The quantitative estimate of drug-likeness (QED) is 0.510. The third-order valence-electron chi connectivity index (χ3n) is 4.87. The third-order valence-corrected chi connectivity index (χ3v) is 4.87. The second-order valence-corrected chi connectivity index (χ2v) is 5.55. The van der Waals surface area contributed by atoms with Crippen molar-refractivity contribution in [3.8, 4) is 12.3 Å². The van der Waals surface area contributed by atoms with Crippen molar-refractivity contribution in [2.45, 2.75) is 51.9 Å². The fraction of sp³-hybridized carbons (Fsp3) is 0.667. The zero-order valence-electron chi connectivity index (χ0n) is 10.1. The van der Waals surface area contributed by atoms with E-state index in [-0.39, 0.29) is 10.8 Å². The van der Waals surface area contributed by atoms with E-state index < -0.39 is 0 Å². The monoisotopic (exact) mass is 216 g/mol. The van der Waals surface area contributed by atoms with Crippen LogP contribution in [0.3, 0.4) is 0 Å². The van der Waals surface area contributed by atoms with Crippen molar-refractivity contribution in [1.29, 1.82) is 0 Å². The highest BCUT2D eigenvalue weighted by atomic mass is 16.1. The van der Waals surface area contributed by atoms with Gasteiger partial charge in [-0.15, -0.1) is 12.3 Å². The molecule has 2 aliphatic carbocycles. The van der Waals surface area contributed by atoms with Crippen molar-refractivity contribution >= 4 is 5.78 Å². The maximum absolute atomic E-state index is 12.4. The number of carbonyl (C=O) groups excluding carboxylic acids is 1. The van der Waals surface area contributed by atoms with Crippen LogP contribution in [0.4, 0.5) is 0 Å². The molecule has 0 N–H and O–H groups in total. The van der Waals surface area contributed by atoms with Gasteiger partial charge in [-0.05, 0) is 37.5 Å². The number of fused-ring (bicyclic) bond motifs is 1. The number of Topliss-reactive ketones (excluding diaryl/α,β-unsaturated/α-hetero) is 1. The molecule has 0 radical (unpaired) electrons. The highest BCUT2D eigenvalue weighted by molar-refractivity contribution is 5.90. The van der Waals surface area contributed by atoms with Gasteiger partial charge in [-0.3, -0.25) is 4.79 Å². The van der Waals surface area contributed by atoms with Gasteiger partial charge in [0, 0.05) is 12.8 Å². The molecule has 0 aliphatic heterocycles. The topological polar surface area (TPSA) is 17.1 Å². The predicted molar refractivity (Wildman–Crippen MR) is 65.8 cm³/mol. The van der Waals surface area contributed by atoms with Gasteiger partial charge in [-0.2, -0.15) is 0 Å². The second-order valence-electron chi connectivity index (χ2n) is 5.55. The van der Waals surface area contributed by atoms with Crippen molar-refractivity contribution in [3.05, 3.63) is 12.2 Å². The van der Waals surface area contributed by atoms with Gasteiger partial charge < -0.3 is 0 Å². The zero-order chi connectivity index (χ0) is 11.8. The molecule has 2 aliphatic rings. The van der Waals surface area contributed by atoms with Gasteiger partial charge in [0.05, 0.1) is 5.41 Å². The minimum atomic E-state index is -0.280. The van der Waals surface area contributed by atoms with E-state index in [4.69, 9.17) is 6.42 Å². The molecule has 16 heavy (non-hydrogen) atoms. The average Bonchev–Trinajstić information content (AvgIpc) is 2.51. The number of carbonyl (C=O) groups is 1. The van der Waals surface area contributed by atoms with Crippen LogP contribution in [0.25, 0.3) is 0 Å². The molecule has 0 aromatic carbocycles. The zero-order valence-corrected chi connectivity index (χ0v) is 10.1. The lowest BCUT2D eigenvalue weighted by molar-refractivity contribution is -0.136. The molecule has 2 saturated carbocycles. The van der Waals surface area contributed by atoms with Gasteiger partial charge in [-0.1, -0.05) is 19.1 Å². The van der Waals surface area contributed by atoms with Gasteiger partial charge >= 0.3 is 0 Å². The lowest BCUT2D eigenvalue weighted by Gasteiger charge is -2.46. The van der Waals surface area contributed by atoms with Crippen LogP contribution in [0.2, 0.25) is 0 Å². The van der Waals surface area contributed by atoms with E-state index in [0.717, 1.165) is 44.1 Å². The molecule has 2 atom stereocenters. The highest BCUT2D eigenvalue weighted by Gasteiger charge is 2.58. The summed E-state index contributed by atoms with van der Waals surface area (Å²) in [6.45, 7) is 6.43. The molecule has 0 heterocycles. The molecular weight excluding hydrogens is 196 g/mol. The van der Waals surface area contributed by atoms with Crippen LogP contribution in [0, 0.1) is 23.2 Å². The highest BCUT2D eigenvalue weighted by Crippen LogP contribution is 2.63. The summed E-state index contributed by atoms with van der Waals surface area (Å²) in [5, 5.41) is 0. The van der Waals surface area contributed by atoms with E-state index >= 15 is 0 Å². The van der Waals surface area contributed by atoms with Gasteiger partial charge in [0.15, 0.2) is 0 Å². The van der Waals surface area contributed by atoms with Crippen LogP contribution < -0.4 is 0 Å². The summed E-state index contributed by atoms with van der Waals surface area (Å²) < 4.78 is 0. The Bertz CT molecular complexity index is 373. The Hall–Kier alpha value is -1.03. The largest absolute Gasteiger partial charge is 0.299 e. The normalized spacial score (nSPS) is 38.2. The number of allylic oxidation sites excluding steroid dienone is 1. The van der Waals surface area contributed by atoms with Gasteiger partial charge in [0.2, 0.25) is 0 Å². The van der Waals surface area contributed by atoms with E-state index in [1.165, 1.54) is 0 Å². The number of hydrogen-bond donors (Lipinski definition) is 0. The number of terminal acetylenes is 1. The maximum atomic E-state index is 12.4. The summed E-state index contributed by atoms with van der Waals surface area (Å²) in [5.41, 5.74) is 1.00. The van der Waals surface area contributed by atoms with Gasteiger partial charge in [-0.25, -0.2) is 0 Å². The summed E-state index contributed by atoms with van der Waals surface area (Å²) in [6, 6.07) is 0. The fourth-order valence-electron chi connectivity index (χ4n) is 3.88. The van der Waals surface area contributed by atoms with Crippen molar-refractivity contribution in [2.24, 2.45) is 10.8 Å². The average molecular weight is 216 g/mol. The SMILES string of the molecule is C#CCC[C@@]12C(=C)CC[C@]1(C)CCCC2=O. The first-order valence-corrected chi connectivity index (χ1v) is 6.22. The van der Waals surface area contributed by atoms with Crippen LogP contribution in [0.15, 0.2) is 12.2 Å². The second kappa shape index (κ2) is 3.77. The minimum Gasteiger partial charge on any atom is -0.299 e. The molecule has 0 unspecified atom stereocenters. The molecule has 2 rings (SSSR count). The van der Waals surface area contributed by atoms with E-state index in [0.29, 0.717) is 12.2 Å². The first-order valence-electron chi connectivity index (χ1n) is 6.22. The summed E-state index contributed by atoms with van der Waals surface area (Å²) in [7, 11) is 0. The molecular formula is C15H20O. The third kappa shape index (κ3) is 1.29. The predicted octanol–water partition coefficient (Wildman–Crippen LogP) is 3.50. The minimum absolute atomic E-state index is 0.135. The Balaban J connectivity index is 2.42. The van der Waals surface area contributed by atoms with Crippen LogP contribution >= 0.6 is 0 Å². The Labute approximate surface area is 98.3 Å². The molecule has 0 aromatic rings. The Morgan fingerprint density at radius 2 is 2.19 bits per heavy atom. The first kappa shape index (κ1) is 11.5. The number of rotatable bonds is 2. The van der Waals surface area contributed by atoms with Gasteiger partial charge in [0.1, 0.15) is 5.78 Å². The van der Waals surface area contributed by atoms with Crippen LogP contribution in [-0.2, 0) is 4.79 Å². The standard InChI is InChI=1S/C15H20O/c1-4-5-10-15-12(2)8-11-14(15,3)9-6-7-13(15)16/h1H,2,5-11H2,3H3/t14-,15-/m0/s1. The molecule has 0 saturated heterocycles. The van der Waals surface area contributed by atoms with Crippen molar-refractivity contribution in [2.75, 3.05) is 0 Å². The molecule has 86 valence electrons. The molecule has 0 spiro atoms. The summed E-state index contributed by atoms with van der Waals surface area (Å²) in [5.74, 6) is 3.09. The van der Waals surface area contributed by atoms with Crippen molar-refractivity contribution < 1.29 is 4.79 Å². The Morgan fingerprint density at radius 1 is 1.44 bits per heavy atom. The molecule has 1 nitrogen and oxygen atoms in total. The first-order chi connectivity index (χ1) is 7.57. The molecule has 0 bridgehead atoms. The van der Waals surface area contributed by atoms with Crippen LogP contribution in [0.1, 0.15) is 51.9 Å². The molecule has 2 fully saturated rings. The lowest BCUT2D eigenvalue weighted by Crippen LogP contribution is -2.46. The summed E-state index contributed by atoms with van der Waals surface area (Å²) >= 11 is 0. The van der Waals surface area contributed by atoms with E-state index in [2.05, 4.69) is 19.4 Å². The molecule has 1 heteroatoms. The number of ketones is 1. The van der Waals surface area contributed by atoms with E-state index in [1.807, 2.05) is 0 Å². The number of hydrogen-bond acceptors (Lipinski definition) is 1. The molecule has 0 aromatic heterocycles. The van der Waals surface area contributed by atoms with E-state index in [9.17, 15) is 4.79 Å². The van der Waals surface area contributed by atoms with Crippen LogP contribution in [0.5, 0.6) is 0 Å². The molecule has 0 amide bonds. The van der Waals surface area contributed by atoms with Crippen molar-refractivity contribution in [3.63, 3.8) is 0 Å². The summed E-state index contributed by atoms with van der Waals surface area (Å²) in [6.07, 6.45) is 11.9. The lowest BCUT2D eigenvalue weighted by atomic mass is 9.55. The van der Waals surface area contributed by atoms with Crippen molar-refractivity contribution in [1.82, 2.24) is 0 Å². The summed E-state index contributed by atoms with van der Waals surface area (Å²) in [4.78, 5) is 12.4. The smallest absolute Gasteiger partial charge is 0.143 e.